The molecule has 0 aliphatic heterocycles. The van der Waals surface area contributed by atoms with Gasteiger partial charge in [-0.15, -0.1) is 0 Å². The number of aliphatic hydroxyl groups excluding tert-OH is 3. The molecule has 0 heterocycles. The largest absolute Gasteiger partial charge is 0.481 e. The van der Waals surface area contributed by atoms with Gasteiger partial charge in [0.15, 0.2) is 6.10 Å². The van der Waals surface area contributed by atoms with Crippen LogP contribution in [-0.2, 0) is 57.2 Å². The van der Waals surface area contributed by atoms with E-state index in [0.717, 1.165) is 19.3 Å². The van der Waals surface area contributed by atoms with Gasteiger partial charge in [0.1, 0.15) is 19.3 Å². The van der Waals surface area contributed by atoms with Gasteiger partial charge in [-0.25, -0.2) is 0 Å². The molecule has 0 aliphatic carbocycles. The zero-order valence-corrected chi connectivity index (χ0v) is 36.0. The highest BCUT2D eigenvalue weighted by Crippen LogP contribution is 2.14. The summed E-state index contributed by atoms with van der Waals surface area (Å²) in [5, 5.41) is 40.3. The first-order valence-corrected chi connectivity index (χ1v) is 21.2. The maximum atomic E-state index is 12.3. The summed E-state index contributed by atoms with van der Waals surface area (Å²) in [7, 11) is 2.62. The SMILES string of the molecule is CCCCCCCCCCCCCCCC(=O)OCC(COC(=O)CCCCC(=O)OC)OC(=O)CCCCC(=O)OC.O=C(O)CCCCC(=O)O.OCC(O)CO. The summed E-state index contributed by atoms with van der Waals surface area (Å²) in [6, 6.07) is 0. The van der Waals surface area contributed by atoms with Crippen molar-refractivity contribution in [2.45, 2.75) is 186 Å². The molecular formula is C42H76O17. The van der Waals surface area contributed by atoms with Crippen molar-refractivity contribution in [2.24, 2.45) is 0 Å². The minimum absolute atomic E-state index is 0.0628. The number of carboxylic acid groups (broad SMARTS) is 2. The Kier molecular flexibility index (Phi) is 45.6. The van der Waals surface area contributed by atoms with E-state index >= 15 is 0 Å². The third kappa shape index (κ3) is 50.2. The van der Waals surface area contributed by atoms with Crippen LogP contribution >= 0.6 is 0 Å². The fourth-order valence-electron chi connectivity index (χ4n) is 5.06. The number of ether oxygens (including phenoxy) is 5. The molecule has 17 heteroatoms. The van der Waals surface area contributed by atoms with Crippen LogP contribution in [0.1, 0.15) is 174 Å². The number of hydrogen-bond acceptors (Lipinski definition) is 15. The second-order valence-corrected chi connectivity index (χ2v) is 14.1. The summed E-state index contributed by atoms with van der Waals surface area (Å²) in [6.45, 7) is 1.06. The van der Waals surface area contributed by atoms with Crippen LogP contribution in [0.3, 0.4) is 0 Å². The van der Waals surface area contributed by atoms with E-state index in [4.69, 9.17) is 39.7 Å². The lowest BCUT2D eigenvalue weighted by molar-refractivity contribution is -0.167. The van der Waals surface area contributed by atoms with E-state index in [0.29, 0.717) is 38.5 Å². The number of carbonyl (C=O) groups is 7. The molecule has 0 saturated carbocycles. The van der Waals surface area contributed by atoms with Crippen molar-refractivity contribution in [1.82, 2.24) is 0 Å². The van der Waals surface area contributed by atoms with Crippen LogP contribution in [0, 0.1) is 0 Å². The van der Waals surface area contributed by atoms with E-state index in [2.05, 4.69) is 16.4 Å². The molecule has 0 aromatic carbocycles. The molecular weight excluding hydrogens is 776 g/mol. The fraction of sp³-hybridized carbons (Fsp3) is 0.833. The van der Waals surface area contributed by atoms with Gasteiger partial charge in [-0.2, -0.15) is 0 Å². The van der Waals surface area contributed by atoms with Gasteiger partial charge in [0.25, 0.3) is 0 Å². The fourth-order valence-corrected chi connectivity index (χ4v) is 5.06. The Hall–Kier alpha value is -3.83. The first-order valence-electron chi connectivity index (χ1n) is 21.2. The number of aliphatic carboxylic acids is 2. The highest BCUT2D eigenvalue weighted by atomic mass is 16.6. The minimum atomic E-state index is -0.954. The summed E-state index contributed by atoms with van der Waals surface area (Å²) >= 11 is 0. The Balaban J connectivity index is -0.00000163. The number of aliphatic hydroxyl groups is 3. The third-order valence-electron chi connectivity index (χ3n) is 8.57. The van der Waals surface area contributed by atoms with Crippen LogP contribution in [0.2, 0.25) is 0 Å². The molecule has 0 aromatic rings. The summed E-state index contributed by atoms with van der Waals surface area (Å²) in [4.78, 5) is 78.9. The summed E-state index contributed by atoms with van der Waals surface area (Å²) in [5.74, 6) is -3.83. The van der Waals surface area contributed by atoms with Gasteiger partial charge in [0.05, 0.1) is 27.4 Å². The number of hydrogen-bond donors (Lipinski definition) is 5. The predicted molar refractivity (Wildman–Crippen MR) is 217 cm³/mol. The van der Waals surface area contributed by atoms with E-state index < -0.39 is 36.1 Å². The maximum absolute atomic E-state index is 12.3. The molecule has 0 aliphatic rings. The molecule has 0 aromatic heterocycles. The lowest BCUT2D eigenvalue weighted by atomic mass is 10.0. The number of unbranched alkanes of at least 4 members (excludes halogenated alkanes) is 15. The summed E-state index contributed by atoms with van der Waals surface area (Å²) in [5.41, 5.74) is 0. The second kappa shape index (κ2) is 45.3. The van der Waals surface area contributed by atoms with Crippen LogP contribution < -0.4 is 0 Å². The highest BCUT2D eigenvalue weighted by Gasteiger charge is 2.20. The molecule has 1 atom stereocenters. The van der Waals surface area contributed by atoms with Crippen LogP contribution in [0.5, 0.6) is 0 Å². The average molecular weight is 853 g/mol. The molecule has 0 bridgehead atoms. The Morgan fingerprint density at radius 1 is 0.424 bits per heavy atom. The zero-order chi connectivity index (χ0) is 44.9. The molecule has 346 valence electrons. The Morgan fingerprint density at radius 2 is 0.712 bits per heavy atom. The minimum Gasteiger partial charge on any atom is -0.481 e. The first kappa shape index (κ1) is 59.5. The number of carboxylic acids is 2. The normalized spacial score (nSPS) is 10.9. The molecule has 0 rings (SSSR count). The van der Waals surface area contributed by atoms with Crippen molar-refractivity contribution in [3.05, 3.63) is 0 Å². The van der Waals surface area contributed by atoms with Crippen molar-refractivity contribution < 1.29 is 82.8 Å². The van der Waals surface area contributed by atoms with Gasteiger partial charge < -0.3 is 49.2 Å². The third-order valence-corrected chi connectivity index (χ3v) is 8.57. The summed E-state index contributed by atoms with van der Waals surface area (Å²) in [6.07, 6.45) is 17.7. The van der Waals surface area contributed by atoms with E-state index in [9.17, 15) is 33.6 Å². The van der Waals surface area contributed by atoms with E-state index in [1.54, 1.807) is 0 Å². The maximum Gasteiger partial charge on any atom is 0.306 e. The number of esters is 5. The van der Waals surface area contributed by atoms with Gasteiger partial charge in [-0.1, -0.05) is 84.0 Å². The molecule has 0 fully saturated rings. The Labute approximate surface area is 350 Å². The quantitative estimate of drug-likeness (QED) is 0.0276. The van der Waals surface area contributed by atoms with Crippen molar-refractivity contribution in [2.75, 3.05) is 40.6 Å². The smallest absolute Gasteiger partial charge is 0.306 e. The first-order chi connectivity index (χ1) is 28.2. The predicted octanol–water partition coefficient (Wildman–Crippen LogP) is 5.98. The van der Waals surface area contributed by atoms with Crippen molar-refractivity contribution in [3.63, 3.8) is 0 Å². The lowest BCUT2D eigenvalue weighted by Crippen LogP contribution is -2.30. The van der Waals surface area contributed by atoms with E-state index in [-0.39, 0.29) is 89.3 Å². The number of methoxy groups -OCH3 is 2. The number of carbonyl (C=O) groups excluding carboxylic acids is 5. The van der Waals surface area contributed by atoms with Gasteiger partial charge in [-0.3, -0.25) is 33.6 Å². The van der Waals surface area contributed by atoms with Gasteiger partial charge in [0.2, 0.25) is 0 Å². The molecule has 0 spiro atoms. The van der Waals surface area contributed by atoms with Crippen molar-refractivity contribution in [3.8, 4) is 0 Å². The van der Waals surface area contributed by atoms with Crippen LogP contribution in [0.4, 0.5) is 0 Å². The zero-order valence-electron chi connectivity index (χ0n) is 36.0. The number of rotatable bonds is 36. The second-order valence-electron chi connectivity index (χ2n) is 14.1. The van der Waals surface area contributed by atoms with Crippen molar-refractivity contribution in [1.29, 1.82) is 0 Å². The molecule has 59 heavy (non-hydrogen) atoms. The lowest BCUT2D eigenvalue weighted by Gasteiger charge is -2.18. The highest BCUT2D eigenvalue weighted by molar-refractivity contribution is 5.72. The molecule has 17 nitrogen and oxygen atoms in total. The van der Waals surface area contributed by atoms with Gasteiger partial charge in [0, 0.05) is 44.9 Å². The van der Waals surface area contributed by atoms with Gasteiger partial charge >= 0.3 is 41.8 Å². The standard InChI is InChI=1S/C33H58O10.C6H10O4.C3H8O3/c1-4-5-6-7-8-9-10-11-12-13-14-15-16-23-31(36)41-26-28(43-33(38)25-20-18-22-30(35)40-3)27-42-32(37)24-19-17-21-29(34)39-2;7-5(8)3-1-2-4-6(9)10;4-1-3(6)2-5/h28H,4-27H2,1-3H3;1-4H2,(H,7,8)(H,9,10);3-6H,1-2H2. The summed E-state index contributed by atoms with van der Waals surface area (Å²) < 4.78 is 25.1. The Bertz CT molecular complexity index is 1060. The monoisotopic (exact) mass is 853 g/mol. The molecule has 5 N–H and O–H groups in total. The molecule has 0 saturated heterocycles. The van der Waals surface area contributed by atoms with Crippen LogP contribution in [0.25, 0.3) is 0 Å². The molecule has 1 unspecified atom stereocenters. The molecule has 0 radical (unpaired) electrons. The van der Waals surface area contributed by atoms with Crippen LogP contribution in [-0.4, -0.2) is 120 Å². The van der Waals surface area contributed by atoms with Crippen LogP contribution in [0.15, 0.2) is 0 Å². The Morgan fingerprint density at radius 3 is 1.02 bits per heavy atom. The van der Waals surface area contributed by atoms with Crippen molar-refractivity contribution >= 4 is 41.8 Å². The average Bonchev–Trinajstić information content (AvgIpc) is 3.22. The van der Waals surface area contributed by atoms with Gasteiger partial charge in [-0.05, 0) is 44.9 Å². The molecule has 0 amide bonds. The van der Waals surface area contributed by atoms with E-state index in [1.807, 2.05) is 0 Å². The van der Waals surface area contributed by atoms with E-state index in [1.165, 1.54) is 78.4 Å². The topological polar surface area (TPSA) is 267 Å².